The molecule has 2 atom stereocenters. The summed E-state index contributed by atoms with van der Waals surface area (Å²) in [4.78, 5) is 7.29. The van der Waals surface area contributed by atoms with Crippen LogP contribution >= 0.6 is 0 Å². The van der Waals surface area contributed by atoms with Gasteiger partial charge in [-0.05, 0) is 38.8 Å². The van der Waals surface area contributed by atoms with Crippen molar-refractivity contribution in [1.82, 2.24) is 14.5 Å². The Labute approximate surface area is 115 Å². The molecule has 0 saturated carbocycles. The summed E-state index contributed by atoms with van der Waals surface area (Å²) in [6.45, 7) is 5.81. The first kappa shape index (κ1) is 13.1. The molecule has 1 aromatic heterocycles. The maximum atomic E-state index is 9.41. The van der Waals surface area contributed by atoms with Crippen molar-refractivity contribution in [2.24, 2.45) is 5.92 Å². The van der Waals surface area contributed by atoms with Gasteiger partial charge in [-0.3, -0.25) is 4.90 Å². The molecule has 106 valence electrons. The maximum Gasteiger partial charge on any atom is 0.126 e. The average Bonchev–Trinajstić information content (AvgIpc) is 2.89. The van der Waals surface area contributed by atoms with E-state index in [1.54, 1.807) is 0 Å². The third kappa shape index (κ3) is 2.43. The fraction of sp³-hybridized carbons (Fsp3) is 0.800. The third-order valence-corrected chi connectivity index (χ3v) is 4.79. The zero-order valence-electron chi connectivity index (χ0n) is 11.9. The minimum absolute atomic E-state index is 0.305. The number of hydrogen-bond acceptors (Lipinski definition) is 3. The molecule has 3 rings (SSSR count). The number of aliphatic hydroxyl groups excluding tert-OH is 1. The maximum absolute atomic E-state index is 9.41. The molecule has 4 nitrogen and oxygen atoms in total. The first-order valence-electron chi connectivity index (χ1n) is 7.72. The van der Waals surface area contributed by atoms with E-state index < -0.39 is 0 Å². The van der Waals surface area contributed by atoms with E-state index in [1.807, 2.05) is 0 Å². The van der Waals surface area contributed by atoms with Crippen LogP contribution in [-0.2, 0) is 13.0 Å². The number of likely N-dealkylation sites (tertiary alicyclic amines) is 1. The molecule has 0 radical (unpaired) electrons. The quantitative estimate of drug-likeness (QED) is 0.906. The number of imidazole rings is 1. The zero-order chi connectivity index (χ0) is 13.2. The van der Waals surface area contributed by atoms with E-state index in [-0.39, 0.29) is 0 Å². The topological polar surface area (TPSA) is 41.3 Å². The van der Waals surface area contributed by atoms with Gasteiger partial charge in [0.2, 0.25) is 0 Å². The Balaban J connectivity index is 1.86. The average molecular weight is 263 g/mol. The molecule has 1 fully saturated rings. The van der Waals surface area contributed by atoms with Crippen molar-refractivity contribution in [2.45, 2.75) is 51.6 Å². The standard InChI is InChI=1S/C15H25N3O/c1-2-17-8-4-3-5-14(17)15-16-9-13-7-6-12(11-19)10-18(13)15/h9,12,14,19H,2-8,10-11H2,1H3. The molecule has 0 amide bonds. The minimum atomic E-state index is 0.305. The van der Waals surface area contributed by atoms with Gasteiger partial charge < -0.3 is 9.67 Å². The summed E-state index contributed by atoms with van der Waals surface area (Å²) in [5, 5.41) is 9.41. The molecule has 3 heterocycles. The molecule has 0 bridgehead atoms. The van der Waals surface area contributed by atoms with E-state index in [0.717, 1.165) is 25.9 Å². The van der Waals surface area contributed by atoms with Crippen LogP contribution in [0.2, 0.25) is 0 Å². The highest BCUT2D eigenvalue weighted by Crippen LogP contribution is 2.32. The van der Waals surface area contributed by atoms with Crippen LogP contribution in [-0.4, -0.2) is 39.3 Å². The molecule has 1 aromatic rings. The minimum Gasteiger partial charge on any atom is -0.396 e. The third-order valence-electron chi connectivity index (χ3n) is 4.79. The van der Waals surface area contributed by atoms with Crippen molar-refractivity contribution in [3.8, 4) is 0 Å². The first-order chi connectivity index (χ1) is 9.33. The van der Waals surface area contributed by atoms with Gasteiger partial charge in [0.05, 0.1) is 6.04 Å². The van der Waals surface area contributed by atoms with Gasteiger partial charge in [0.25, 0.3) is 0 Å². The van der Waals surface area contributed by atoms with Crippen molar-refractivity contribution in [2.75, 3.05) is 19.7 Å². The lowest BCUT2D eigenvalue weighted by atomic mass is 9.97. The Morgan fingerprint density at radius 3 is 3.05 bits per heavy atom. The van der Waals surface area contributed by atoms with Crippen LogP contribution in [0.1, 0.15) is 50.2 Å². The molecule has 1 saturated heterocycles. The number of hydrogen-bond donors (Lipinski definition) is 1. The van der Waals surface area contributed by atoms with Gasteiger partial charge in [-0.15, -0.1) is 0 Å². The number of aromatic nitrogens is 2. The van der Waals surface area contributed by atoms with Crippen molar-refractivity contribution in [3.63, 3.8) is 0 Å². The number of piperidine rings is 1. The molecular weight excluding hydrogens is 238 g/mol. The lowest BCUT2D eigenvalue weighted by Crippen LogP contribution is -2.36. The first-order valence-corrected chi connectivity index (χ1v) is 7.72. The van der Waals surface area contributed by atoms with Crippen LogP contribution in [0.5, 0.6) is 0 Å². The number of rotatable bonds is 3. The van der Waals surface area contributed by atoms with E-state index >= 15 is 0 Å². The summed E-state index contributed by atoms with van der Waals surface area (Å²) < 4.78 is 2.39. The van der Waals surface area contributed by atoms with Crippen LogP contribution in [0.25, 0.3) is 0 Å². The van der Waals surface area contributed by atoms with E-state index in [9.17, 15) is 5.11 Å². The lowest BCUT2D eigenvalue weighted by molar-refractivity contribution is 0.139. The summed E-state index contributed by atoms with van der Waals surface area (Å²) in [5.74, 6) is 1.66. The molecule has 19 heavy (non-hydrogen) atoms. The molecule has 2 aliphatic rings. The van der Waals surface area contributed by atoms with E-state index in [2.05, 4.69) is 22.6 Å². The Hall–Kier alpha value is -0.870. The van der Waals surface area contributed by atoms with E-state index in [0.29, 0.717) is 18.6 Å². The Morgan fingerprint density at radius 1 is 1.37 bits per heavy atom. The van der Waals surface area contributed by atoms with Gasteiger partial charge in [-0.25, -0.2) is 4.98 Å². The normalized spacial score (nSPS) is 28.3. The van der Waals surface area contributed by atoms with E-state index in [4.69, 9.17) is 4.98 Å². The summed E-state index contributed by atoms with van der Waals surface area (Å²) in [7, 11) is 0. The summed E-state index contributed by atoms with van der Waals surface area (Å²) in [5.41, 5.74) is 1.36. The second kappa shape index (κ2) is 5.63. The van der Waals surface area contributed by atoms with Crippen LogP contribution in [0.4, 0.5) is 0 Å². The summed E-state index contributed by atoms with van der Waals surface area (Å²) in [6.07, 6.45) is 8.09. The van der Waals surface area contributed by atoms with Gasteiger partial charge in [-0.2, -0.15) is 0 Å². The predicted octanol–water partition coefficient (Wildman–Crippen LogP) is 1.98. The monoisotopic (exact) mass is 263 g/mol. The highest BCUT2D eigenvalue weighted by molar-refractivity contribution is 5.12. The Kier molecular flexibility index (Phi) is 3.89. The highest BCUT2D eigenvalue weighted by atomic mass is 16.3. The fourth-order valence-electron chi connectivity index (χ4n) is 3.62. The van der Waals surface area contributed by atoms with Gasteiger partial charge >= 0.3 is 0 Å². The predicted molar refractivity (Wildman–Crippen MR) is 75.0 cm³/mol. The van der Waals surface area contributed by atoms with Gasteiger partial charge in [0.1, 0.15) is 5.82 Å². The summed E-state index contributed by atoms with van der Waals surface area (Å²) in [6, 6.07) is 0.491. The van der Waals surface area contributed by atoms with Gasteiger partial charge in [-0.1, -0.05) is 13.3 Å². The molecule has 0 aromatic carbocycles. The second-order valence-corrected chi connectivity index (χ2v) is 5.95. The Morgan fingerprint density at radius 2 is 2.26 bits per heavy atom. The molecule has 2 aliphatic heterocycles. The number of fused-ring (bicyclic) bond motifs is 1. The molecular formula is C15H25N3O. The van der Waals surface area contributed by atoms with Crippen LogP contribution in [0, 0.1) is 5.92 Å². The van der Waals surface area contributed by atoms with Crippen LogP contribution in [0.15, 0.2) is 6.20 Å². The second-order valence-electron chi connectivity index (χ2n) is 5.95. The number of aryl methyl sites for hydroxylation is 1. The van der Waals surface area contributed by atoms with Gasteiger partial charge in [0, 0.05) is 31.0 Å². The number of nitrogens with zero attached hydrogens (tertiary/aromatic N) is 3. The number of aliphatic hydroxyl groups is 1. The van der Waals surface area contributed by atoms with Crippen molar-refractivity contribution in [1.29, 1.82) is 0 Å². The smallest absolute Gasteiger partial charge is 0.126 e. The van der Waals surface area contributed by atoms with Crippen molar-refractivity contribution >= 4 is 0 Å². The van der Waals surface area contributed by atoms with Crippen molar-refractivity contribution < 1.29 is 5.11 Å². The van der Waals surface area contributed by atoms with Gasteiger partial charge in [0.15, 0.2) is 0 Å². The molecule has 0 spiro atoms. The highest BCUT2D eigenvalue weighted by Gasteiger charge is 2.29. The molecule has 1 N–H and O–H groups in total. The molecule has 2 unspecified atom stereocenters. The fourth-order valence-corrected chi connectivity index (χ4v) is 3.62. The summed E-state index contributed by atoms with van der Waals surface area (Å²) >= 11 is 0. The molecule has 0 aliphatic carbocycles. The van der Waals surface area contributed by atoms with E-state index in [1.165, 1.54) is 37.3 Å². The largest absolute Gasteiger partial charge is 0.396 e. The van der Waals surface area contributed by atoms with Crippen LogP contribution < -0.4 is 0 Å². The Bertz CT molecular complexity index is 429. The zero-order valence-corrected chi connectivity index (χ0v) is 11.9. The van der Waals surface area contributed by atoms with Crippen molar-refractivity contribution in [3.05, 3.63) is 17.7 Å². The van der Waals surface area contributed by atoms with Crippen LogP contribution in [0.3, 0.4) is 0 Å². The lowest BCUT2D eigenvalue weighted by Gasteiger charge is -2.35. The SMILES string of the molecule is CCN1CCCCC1c1ncc2n1CC(CO)CC2. The molecule has 4 heteroatoms.